The lowest BCUT2D eigenvalue weighted by atomic mass is 9.97. The zero-order valence-electron chi connectivity index (χ0n) is 16.1. The summed E-state index contributed by atoms with van der Waals surface area (Å²) in [6.45, 7) is 7.04. The first-order chi connectivity index (χ1) is 12.9. The Morgan fingerprint density at radius 1 is 1.44 bits per heavy atom. The van der Waals surface area contributed by atoms with Gasteiger partial charge in [-0.2, -0.15) is 5.26 Å². The van der Waals surface area contributed by atoms with Crippen molar-refractivity contribution < 1.29 is 4.79 Å². The fourth-order valence-electron chi connectivity index (χ4n) is 3.41. The highest BCUT2D eigenvalue weighted by Crippen LogP contribution is 2.21. The Morgan fingerprint density at radius 3 is 2.89 bits per heavy atom. The molecule has 0 bridgehead atoms. The number of aromatic amines is 1. The van der Waals surface area contributed by atoms with Crippen molar-refractivity contribution in [3.63, 3.8) is 0 Å². The number of pyridine rings is 1. The molecule has 2 N–H and O–H groups in total. The van der Waals surface area contributed by atoms with Crippen LogP contribution in [-0.4, -0.2) is 50.4 Å². The monoisotopic (exact) mass is 366 g/mol. The number of carbonyl (C=O) groups excluding carboxylic acids is 1. The minimum atomic E-state index is -0.299. The molecule has 1 fully saturated rings. The summed E-state index contributed by atoms with van der Waals surface area (Å²) in [6, 6.07) is 5.78. The number of nitrogens with zero attached hydrogens (tertiary/aromatic N) is 4. The van der Waals surface area contributed by atoms with Crippen LogP contribution in [0.2, 0.25) is 0 Å². The number of H-pyrrole nitrogens is 1. The summed E-state index contributed by atoms with van der Waals surface area (Å²) in [4.78, 5) is 26.2. The molecule has 1 amide bonds. The van der Waals surface area contributed by atoms with Gasteiger partial charge >= 0.3 is 0 Å². The molecule has 0 aliphatic carbocycles. The van der Waals surface area contributed by atoms with Gasteiger partial charge in [0.2, 0.25) is 5.91 Å². The average molecular weight is 366 g/mol. The van der Waals surface area contributed by atoms with Crippen molar-refractivity contribution in [1.82, 2.24) is 25.2 Å². The standard InChI is InChI=1S/C20H26N6O/c1-14-17(25-19(24-14)15-6-8-22-9-7-15)11-20(2,3)23-13-18(27)26-10-4-5-16(26)12-21/h6-9,16,23H,4-5,10-11,13H2,1-3H3,(H,24,25)/t16-/m0/s1. The number of hydrogen-bond donors (Lipinski definition) is 2. The quantitative estimate of drug-likeness (QED) is 0.817. The van der Waals surface area contributed by atoms with Gasteiger partial charge in [0, 0.05) is 42.2 Å². The summed E-state index contributed by atoms with van der Waals surface area (Å²) in [5.41, 5.74) is 2.69. The Labute approximate surface area is 159 Å². The first-order valence-electron chi connectivity index (χ1n) is 9.29. The molecule has 0 aromatic carbocycles. The molecule has 142 valence electrons. The summed E-state index contributed by atoms with van der Waals surface area (Å²) in [6.07, 6.45) is 5.86. The Morgan fingerprint density at radius 2 is 2.19 bits per heavy atom. The molecular weight excluding hydrogens is 340 g/mol. The minimum Gasteiger partial charge on any atom is -0.342 e. The van der Waals surface area contributed by atoms with Crippen LogP contribution in [0.3, 0.4) is 0 Å². The highest BCUT2D eigenvalue weighted by atomic mass is 16.2. The highest BCUT2D eigenvalue weighted by molar-refractivity contribution is 5.79. The van der Waals surface area contributed by atoms with Gasteiger partial charge in [0.05, 0.1) is 18.3 Å². The van der Waals surface area contributed by atoms with Crippen LogP contribution in [0.1, 0.15) is 38.1 Å². The summed E-state index contributed by atoms with van der Waals surface area (Å²) < 4.78 is 0. The van der Waals surface area contributed by atoms with Crippen LogP contribution in [-0.2, 0) is 11.2 Å². The summed E-state index contributed by atoms with van der Waals surface area (Å²) >= 11 is 0. The molecule has 1 saturated heterocycles. The van der Waals surface area contributed by atoms with Crippen molar-refractivity contribution in [3.8, 4) is 17.5 Å². The van der Waals surface area contributed by atoms with E-state index in [0.29, 0.717) is 13.0 Å². The normalized spacial score (nSPS) is 17.1. The van der Waals surface area contributed by atoms with Crippen LogP contribution in [0.5, 0.6) is 0 Å². The van der Waals surface area contributed by atoms with Crippen LogP contribution >= 0.6 is 0 Å². The number of amides is 1. The predicted octanol–water partition coefficient (Wildman–Crippen LogP) is 2.21. The lowest BCUT2D eigenvalue weighted by Gasteiger charge is -2.28. The molecule has 1 atom stereocenters. The van der Waals surface area contributed by atoms with E-state index < -0.39 is 0 Å². The fourth-order valence-corrected chi connectivity index (χ4v) is 3.41. The van der Waals surface area contributed by atoms with E-state index in [1.807, 2.05) is 19.1 Å². The van der Waals surface area contributed by atoms with Gasteiger partial charge in [-0.25, -0.2) is 4.98 Å². The summed E-state index contributed by atoms with van der Waals surface area (Å²) in [7, 11) is 0. The first kappa shape index (κ1) is 19.1. The third kappa shape index (κ3) is 4.52. The molecule has 27 heavy (non-hydrogen) atoms. The molecule has 0 radical (unpaired) electrons. The molecule has 2 aromatic heterocycles. The van der Waals surface area contributed by atoms with E-state index in [2.05, 4.69) is 35.2 Å². The Hall–Kier alpha value is -2.72. The predicted molar refractivity (Wildman–Crippen MR) is 103 cm³/mol. The molecule has 2 aromatic rings. The lowest BCUT2D eigenvalue weighted by molar-refractivity contribution is -0.130. The van der Waals surface area contributed by atoms with Crippen molar-refractivity contribution in [1.29, 1.82) is 5.26 Å². The largest absolute Gasteiger partial charge is 0.342 e. The number of hydrogen-bond acceptors (Lipinski definition) is 5. The molecule has 1 aliphatic rings. The zero-order valence-corrected chi connectivity index (χ0v) is 16.1. The van der Waals surface area contributed by atoms with Gasteiger partial charge in [0.25, 0.3) is 0 Å². The van der Waals surface area contributed by atoms with E-state index in [1.165, 1.54) is 0 Å². The number of aromatic nitrogens is 3. The Kier molecular flexibility index (Phi) is 5.57. The zero-order chi connectivity index (χ0) is 19.4. The maximum absolute atomic E-state index is 12.5. The van der Waals surface area contributed by atoms with Crippen molar-refractivity contribution >= 4 is 5.91 Å². The molecular formula is C20H26N6O. The van der Waals surface area contributed by atoms with Gasteiger partial charge in [-0.15, -0.1) is 0 Å². The van der Waals surface area contributed by atoms with E-state index in [0.717, 1.165) is 35.6 Å². The van der Waals surface area contributed by atoms with Gasteiger partial charge in [0.1, 0.15) is 11.9 Å². The molecule has 7 nitrogen and oxygen atoms in total. The van der Waals surface area contributed by atoms with E-state index in [-0.39, 0.29) is 24.0 Å². The van der Waals surface area contributed by atoms with E-state index in [9.17, 15) is 4.79 Å². The third-order valence-electron chi connectivity index (χ3n) is 4.99. The van der Waals surface area contributed by atoms with Crippen LogP contribution < -0.4 is 5.32 Å². The van der Waals surface area contributed by atoms with Crippen LogP contribution in [0.25, 0.3) is 11.4 Å². The van der Waals surface area contributed by atoms with Crippen LogP contribution in [0, 0.1) is 18.3 Å². The van der Waals surface area contributed by atoms with Crippen molar-refractivity contribution in [3.05, 3.63) is 35.9 Å². The SMILES string of the molecule is Cc1[nH]c(-c2ccncc2)nc1CC(C)(C)NCC(=O)N1CCC[C@H]1C#N. The minimum absolute atomic E-state index is 0.0108. The topological polar surface area (TPSA) is 97.7 Å². The average Bonchev–Trinajstić information content (AvgIpc) is 3.27. The maximum atomic E-state index is 12.5. The van der Waals surface area contributed by atoms with Crippen LogP contribution in [0.4, 0.5) is 0 Å². The number of carbonyl (C=O) groups is 1. The number of rotatable bonds is 6. The van der Waals surface area contributed by atoms with E-state index in [4.69, 9.17) is 10.2 Å². The number of nitrogens with one attached hydrogen (secondary N) is 2. The Bertz CT molecular complexity index is 836. The molecule has 0 unspecified atom stereocenters. The molecule has 7 heteroatoms. The van der Waals surface area contributed by atoms with Crippen molar-refractivity contribution in [2.45, 2.75) is 51.6 Å². The lowest BCUT2D eigenvalue weighted by Crippen LogP contribution is -2.48. The molecule has 0 saturated carbocycles. The van der Waals surface area contributed by atoms with E-state index in [1.54, 1.807) is 17.3 Å². The molecule has 3 rings (SSSR count). The highest BCUT2D eigenvalue weighted by Gasteiger charge is 2.30. The van der Waals surface area contributed by atoms with Gasteiger partial charge in [-0.3, -0.25) is 9.78 Å². The molecule has 1 aliphatic heterocycles. The number of imidazole rings is 1. The van der Waals surface area contributed by atoms with Gasteiger partial charge in [-0.1, -0.05) is 0 Å². The Balaban J connectivity index is 1.62. The second-order valence-electron chi connectivity index (χ2n) is 7.68. The van der Waals surface area contributed by atoms with Crippen molar-refractivity contribution in [2.24, 2.45) is 0 Å². The first-order valence-corrected chi connectivity index (χ1v) is 9.29. The van der Waals surface area contributed by atoms with Crippen LogP contribution in [0.15, 0.2) is 24.5 Å². The van der Waals surface area contributed by atoms with Crippen molar-refractivity contribution in [2.75, 3.05) is 13.1 Å². The second-order valence-corrected chi connectivity index (χ2v) is 7.68. The van der Waals surface area contributed by atoms with Gasteiger partial charge in [0.15, 0.2) is 0 Å². The summed E-state index contributed by atoms with van der Waals surface area (Å²) in [5.74, 6) is 0.814. The fraction of sp³-hybridized carbons (Fsp3) is 0.500. The van der Waals surface area contributed by atoms with E-state index >= 15 is 0 Å². The number of nitriles is 1. The van der Waals surface area contributed by atoms with Gasteiger partial charge in [-0.05, 0) is 45.7 Å². The van der Waals surface area contributed by atoms with Gasteiger partial charge < -0.3 is 15.2 Å². The third-order valence-corrected chi connectivity index (χ3v) is 4.99. The summed E-state index contributed by atoms with van der Waals surface area (Å²) in [5, 5.41) is 12.5. The second kappa shape index (κ2) is 7.89. The molecule has 3 heterocycles. The number of aryl methyl sites for hydroxylation is 1. The molecule has 0 spiro atoms. The smallest absolute Gasteiger partial charge is 0.237 e. The maximum Gasteiger partial charge on any atom is 0.237 e. The number of likely N-dealkylation sites (tertiary alicyclic amines) is 1.